The zero-order valence-corrected chi connectivity index (χ0v) is 14.1. The van der Waals surface area contributed by atoms with E-state index in [9.17, 15) is 4.79 Å². The number of aromatic nitrogens is 3. The van der Waals surface area contributed by atoms with Crippen molar-refractivity contribution in [1.29, 1.82) is 0 Å². The first-order valence-electron chi connectivity index (χ1n) is 6.78. The summed E-state index contributed by atoms with van der Waals surface area (Å²) in [5, 5.41) is 6.05. The van der Waals surface area contributed by atoms with E-state index in [2.05, 4.69) is 21.5 Å². The predicted molar refractivity (Wildman–Crippen MR) is 87.5 cm³/mol. The first-order valence-corrected chi connectivity index (χ1v) is 9.06. The van der Waals surface area contributed by atoms with Gasteiger partial charge < -0.3 is 9.88 Å². The average molecular weight is 324 g/mol. The van der Waals surface area contributed by atoms with Crippen LogP contribution in [0.2, 0.25) is 0 Å². The van der Waals surface area contributed by atoms with E-state index in [0.717, 1.165) is 22.3 Å². The third kappa shape index (κ3) is 4.57. The van der Waals surface area contributed by atoms with Crippen molar-refractivity contribution < 1.29 is 4.79 Å². The van der Waals surface area contributed by atoms with E-state index in [1.54, 1.807) is 29.3 Å². The van der Waals surface area contributed by atoms with Crippen LogP contribution >= 0.6 is 23.1 Å². The van der Waals surface area contributed by atoms with Crippen LogP contribution in [0, 0.1) is 6.92 Å². The number of rotatable bonds is 7. The largest absolute Gasteiger partial charge is 0.350 e. The summed E-state index contributed by atoms with van der Waals surface area (Å²) in [7, 11) is 0. The van der Waals surface area contributed by atoms with Gasteiger partial charge in [-0.05, 0) is 20.1 Å². The molecule has 0 aromatic carbocycles. The Morgan fingerprint density at radius 2 is 2.38 bits per heavy atom. The van der Waals surface area contributed by atoms with E-state index in [-0.39, 0.29) is 11.9 Å². The molecule has 0 saturated heterocycles. The fourth-order valence-corrected chi connectivity index (χ4v) is 3.62. The number of aryl methyl sites for hydroxylation is 1. The van der Waals surface area contributed by atoms with Crippen LogP contribution in [0.4, 0.5) is 0 Å². The summed E-state index contributed by atoms with van der Waals surface area (Å²) in [5.74, 6) is 1.89. The first kappa shape index (κ1) is 16.0. The number of carbonyl (C=O) groups excluding carboxylic acids is 1. The van der Waals surface area contributed by atoms with Crippen molar-refractivity contribution in [2.75, 3.05) is 6.26 Å². The summed E-state index contributed by atoms with van der Waals surface area (Å²) >= 11 is 3.40. The number of thioether (sulfide) groups is 1. The lowest BCUT2D eigenvalue weighted by Crippen LogP contribution is -2.25. The van der Waals surface area contributed by atoms with E-state index in [4.69, 9.17) is 0 Å². The van der Waals surface area contributed by atoms with Gasteiger partial charge in [-0.2, -0.15) is 11.8 Å². The van der Waals surface area contributed by atoms with Crippen LogP contribution < -0.4 is 5.32 Å². The van der Waals surface area contributed by atoms with Crippen molar-refractivity contribution in [2.24, 2.45) is 0 Å². The highest BCUT2D eigenvalue weighted by Crippen LogP contribution is 2.15. The van der Waals surface area contributed by atoms with Crippen LogP contribution in [0.5, 0.6) is 0 Å². The molecule has 0 aliphatic carbocycles. The van der Waals surface area contributed by atoms with Crippen LogP contribution in [-0.4, -0.2) is 26.7 Å². The van der Waals surface area contributed by atoms with Crippen LogP contribution in [0.3, 0.4) is 0 Å². The third-order valence-electron chi connectivity index (χ3n) is 3.15. The normalized spacial score (nSPS) is 12.3. The highest BCUT2D eigenvalue weighted by atomic mass is 32.2. The Morgan fingerprint density at radius 3 is 3.05 bits per heavy atom. The maximum absolute atomic E-state index is 12.0. The van der Waals surface area contributed by atoms with Crippen LogP contribution in [0.25, 0.3) is 0 Å². The maximum Gasteiger partial charge on any atom is 0.222 e. The van der Waals surface area contributed by atoms with Crippen molar-refractivity contribution in [3.63, 3.8) is 0 Å². The van der Waals surface area contributed by atoms with Gasteiger partial charge in [0.25, 0.3) is 0 Å². The van der Waals surface area contributed by atoms with Gasteiger partial charge in [0.2, 0.25) is 5.91 Å². The Bertz CT molecular complexity index is 593. The summed E-state index contributed by atoms with van der Waals surface area (Å²) < 4.78 is 2.01. The van der Waals surface area contributed by atoms with Gasteiger partial charge in [0, 0.05) is 36.0 Å². The smallest absolute Gasteiger partial charge is 0.222 e. The number of carbonyl (C=O) groups is 1. The molecule has 0 spiro atoms. The third-order valence-corrected chi connectivity index (χ3v) is 4.79. The molecule has 0 fully saturated rings. The molecule has 2 aromatic rings. The summed E-state index contributed by atoms with van der Waals surface area (Å²) in [6.07, 6.45) is 6.16. The highest BCUT2D eigenvalue weighted by molar-refractivity contribution is 7.97. The molecule has 0 radical (unpaired) electrons. The molecule has 1 N–H and O–H groups in total. The molecule has 0 aliphatic rings. The van der Waals surface area contributed by atoms with Gasteiger partial charge in [-0.1, -0.05) is 0 Å². The second-order valence-electron chi connectivity index (χ2n) is 4.88. The minimum atomic E-state index is 0.0371. The van der Waals surface area contributed by atoms with Crippen LogP contribution in [0.1, 0.15) is 35.9 Å². The fourth-order valence-electron chi connectivity index (χ4n) is 2.10. The van der Waals surface area contributed by atoms with Gasteiger partial charge in [-0.3, -0.25) is 4.79 Å². The highest BCUT2D eigenvalue weighted by Gasteiger charge is 2.12. The zero-order valence-electron chi connectivity index (χ0n) is 12.5. The molecule has 0 bridgehead atoms. The van der Waals surface area contributed by atoms with Crippen molar-refractivity contribution in [2.45, 2.75) is 38.6 Å². The van der Waals surface area contributed by atoms with E-state index in [1.807, 2.05) is 30.0 Å². The van der Waals surface area contributed by atoms with Gasteiger partial charge in [0.05, 0.1) is 12.2 Å². The summed E-state index contributed by atoms with van der Waals surface area (Å²) in [4.78, 5) is 20.7. The molecule has 2 heterocycles. The molecule has 0 saturated carbocycles. The van der Waals surface area contributed by atoms with E-state index in [1.165, 1.54) is 0 Å². The minimum absolute atomic E-state index is 0.0371. The number of amides is 1. The fraction of sp³-hybridized carbons (Fsp3) is 0.500. The second kappa shape index (κ2) is 7.61. The Hall–Kier alpha value is -1.34. The topological polar surface area (TPSA) is 59.8 Å². The molecule has 7 heteroatoms. The molecular formula is C14H20N4OS2. The van der Waals surface area contributed by atoms with Crippen molar-refractivity contribution in [3.05, 3.63) is 34.3 Å². The molecule has 5 nitrogen and oxygen atoms in total. The molecule has 2 rings (SSSR count). The Labute approximate surface area is 133 Å². The van der Waals surface area contributed by atoms with Crippen molar-refractivity contribution >= 4 is 29.0 Å². The second-order valence-corrected chi connectivity index (χ2v) is 6.69. The lowest BCUT2D eigenvalue weighted by Gasteiger charge is -2.14. The molecule has 1 atom stereocenters. The summed E-state index contributed by atoms with van der Waals surface area (Å²) in [6, 6.07) is 0.106. The molecule has 114 valence electrons. The van der Waals surface area contributed by atoms with Gasteiger partial charge in [0.15, 0.2) is 0 Å². The van der Waals surface area contributed by atoms with Crippen LogP contribution in [0.15, 0.2) is 17.8 Å². The monoisotopic (exact) mass is 324 g/mol. The molecule has 0 aliphatic heterocycles. The zero-order chi connectivity index (χ0) is 15.2. The quantitative estimate of drug-likeness (QED) is 0.851. The van der Waals surface area contributed by atoms with Gasteiger partial charge in [-0.15, -0.1) is 11.3 Å². The Balaban J connectivity index is 1.80. The van der Waals surface area contributed by atoms with Gasteiger partial charge in [0.1, 0.15) is 10.8 Å². The van der Waals surface area contributed by atoms with Crippen LogP contribution in [-0.2, 0) is 17.1 Å². The molecular weight excluding hydrogens is 304 g/mol. The minimum Gasteiger partial charge on any atom is -0.350 e. The number of thiazole rings is 1. The Morgan fingerprint density at radius 1 is 1.57 bits per heavy atom. The number of hydrogen-bond acceptors (Lipinski definition) is 5. The maximum atomic E-state index is 12.0. The SMILES string of the molecule is CSCc1nc(CNC(=O)C[C@@H](C)n2ccnc2C)cs1. The lowest BCUT2D eigenvalue weighted by molar-refractivity contribution is -0.121. The number of hydrogen-bond donors (Lipinski definition) is 1. The molecule has 0 unspecified atom stereocenters. The summed E-state index contributed by atoms with van der Waals surface area (Å²) in [5.41, 5.74) is 0.934. The predicted octanol–water partition coefficient (Wildman–Crippen LogP) is 2.78. The molecule has 2 aromatic heterocycles. The lowest BCUT2D eigenvalue weighted by atomic mass is 10.2. The number of nitrogens with one attached hydrogen (secondary N) is 1. The van der Waals surface area contributed by atoms with Crippen molar-refractivity contribution in [3.8, 4) is 0 Å². The first-order chi connectivity index (χ1) is 10.1. The number of nitrogens with zero attached hydrogens (tertiary/aromatic N) is 3. The van der Waals surface area contributed by atoms with Gasteiger partial charge >= 0.3 is 0 Å². The van der Waals surface area contributed by atoms with E-state index in [0.29, 0.717) is 13.0 Å². The Kier molecular flexibility index (Phi) is 5.81. The van der Waals surface area contributed by atoms with E-state index >= 15 is 0 Å². The molecule has 1 amide bonds. The van der Waals surface area contributed by atoms with E-state index < -0.39 is 0 Å². The van der Waals surface area contributed by atoms with Crippen molar-refractivity contribution in [1.82, 2.24) is 19.9 Å². The van der Waals surface area contributed by atoms with Gasteiger partial charge in [-0.25, -0.2) is 9.97 Å². The summed E-state index contributed by atoms with van der Waals surface area (Å²) in [6.45, 7) is 4.46. The standard InChI is InChI=1S/C14H20N4OS2/c1-10(18-5-4-15-11(18)2)6-13(19)16-7-12-8-21-14(17-12)9-20-3/h4-5,8,10H,6-7,9H2,1-3H3,(H,16,19)/t10-/m1/s1. The number of imidazole rings is 1. The average Bonchev–Trinajstić information content (AvgIpc) is 3.06. The molecule has 21 heavy (non-hydrogen) atoms.